The Morgan fingerprint density at radius 1 is 1.21 bits per heavy atom. The van der Waals surface area contributed by atoms with E-state index in [1.165, 1.54) is 38.9 Å². The number of hydrogen-bond acceptors (Lipinski definition) is 3. The Hall–Kier alpha value is -0.0800. The van der Waals surface area contributed by atoms with Crippen LogP contribution in [0, 0.1) is 5.92 Å². The number of hydrogen-bond donors (Lipinski definition) is 2. The first-order chi connectivity index (χ1) is 10.8. The van der Waals surface area contributed by atoms with E-state index in [1.807, 2.05) is 0 Å². The lowest BCUT2D eigenvalue weighted by atomic mass is 9.99. The topological polar surface area (TPSA) is 42.9 Å². The summed E-state index contributed by atoms with van der Waals surface area (Å²) in [5.74, 6) is 1.85. The molecule has 6 heteroatoms. The molecule has 1 heterocycles. The highest BCUT2D eigenvalue weighted by atomic mass is 127. The third-order valence-electron chi connectivity index (χ3n) is 5.00. The van der Waals surface area contributed by atoms with Gasteiger partial charge in [0, 0.05) is 18.6 Å². The maximum absolute atomic E-state index is 4.74. The van der Waals surface area contributed by atoms with Crippen LogP contribution < -0.4 is 10.6 Å². The number of aliphatic imine (C=N–C) groups is 1. The number of likely N-dealkylation sites (tertiary alicyclic amines) is 1. The molecule has 24 heavy (non-hydrogen) atoms. The van der Waals surface area contributed by atoms with Crippen molar-refractivity contribution in [1.29, 1.82) is 0 Å². The van der Waals surface area contributed by atoms with Gasteiger partial charge in [0.05, 0.1) is 6.54 Å². The highest BCUT2D eigenvalue weighted by Gasteiger charge is 2.20. The number of likely N-dealkylation sites (N-methyl/N-ethyl adjacent to an activating group) is 1. The van der Waals surface area contributed by atoms with Crippen molar-refractivity contribution < 1.29 is 0 Å². The van der Waals surface area contributed by atoms with E-state index in [-0.39, 0.29) is 29.5 Å². The molecule has 1 aliphatic rings. The van der Waals surface area contributed by atoms with Gasteiger partial charge in [-0.05, 0) is 79.7 Å². The van der Waals surface area contributed by atoms with Gasteiger partial charge in [0.25, 0.3) is 0 Å². The molecule has 0 aromatic heterocycles. The monoisotopic (exact) mass is 453 g/mol. The van der Waals surface area contributed by atoms with Crippen LogP contribution in [-0.4, -0.2) is 74.7 Å². The molecule has 0 bridgehead atoms. The van der Waals surface area contributed by atoms with Gasteiger partial charge >= 0.3 is 0 Å². The Kier molecular flexibility index (Phi) is 12.3. The Morgan fingerprint density at radius 3 is 2.38 bits per heavy atom. The fourth-order valence-corrected chi connectivity index (χ4v) is 2.55. The van der Waals surface area contributed by atoms with Crippen LogP contribution in [0.4, 0.5) is 0 Å². The summed E-state index contributed by atoms with van der Waals surface area (Å²) in [6, 6.07) is 0. The van der Waals surface area contributed by atoms with Crippen LogP contribution in [0.1, 0.15) is 47.0 Å². The van der Waals surface area contributed by atoms with Crippen LogP contribution in [0.25, 0.3) is 0 Å². The van der Waals surface area contributed by atoms with Gasteiger partial charge < -0.3 is 20.4 Å². The van der Waals surface area contributed by atoms with Gasteiger partial charge in [-0.25, -0.2) is 0 Å². The molecule has 2 N–H and O–H groups in total. The smallest absolute Gasteiger partial charge is 0.191 e. The summed E-state index contributed by atoms with van der Waals surface area (Å²) in [6.45, 7) is 15.3. The Balaban J connectivity index is 0.00000529. The first-order valence-corrected chi connectivity index (χ1v) is 9.27. The van der Waals surface area contributed by atoms with Crippen molar-refractivity contribution in [1.82, 2.24) is 20.4 Å². The molecule has 0 aromatic rings. The third kappa shape index (κ3) is 9.42. The van der Waals surface area contributed by atoms with Crippen LogP contribution in [0.2, 0.25) is 0 Å². The van der Waals surface area contributed by atoms with E-state index in [0.717, 1.165) is 31.5 Å². The summed E-state index contributed by atoms with van der Waals surface area (Å²) in [7, 11) is 4.21. The number of rotatable bonds is 8. The normalized spacial score (nSPS) is 17.7. The molecule has 5 nitrogen and oxygen atoms in total. The van der Waals surface area contributed by atoms with E-state index in [4.69, 9.17) is 4.99 Å². The lowest BCUT2D eigenvalue weighted by molar-refractivity contribution is 0.191. The molecule has 1 aliphatic heterocycles. The number of nitrogens with one attached hydrogen (secondary N) is 2. The lowest BCUT2D eigenvalue weighted by Gasteiger charge is -2.31. The SMILES string of the molecule is CCNC(=NCC(C)(C)N(C)C)NCCCN1CCC(C)CC1.I. The zero-order valence-electron chi connectivity index (χ0n) is 16.7. The molecule has 0 aromatic carbocycles. The van der Waals surface area contributed by atoms with Gasteiger partial charge in [0.1, 0.15) is 0 Å². The zero-order valence-corrected chi connectivity index (χ0v) is 19.0. The van der Waals surface area contributed by atoms with Gasteiger partial charge in [-0.2, -0.15) is 0 Å². The molecule has 0 unspecified atom stereocenters. The highest BCUT2D eigenvalue weighted by molar-refractivity contribution is 14.0. The number of guanidine groups is 1. The van der Waals surface area contributed by atoms with E-state index in [1.54, 1.807) is 0 Å². The zero-order chi connectivity index (χ0) is 17.3. The maximum Gasteiger partial charge on any atom is 0.191 e. The summed E-state index contributed by atoms with van der Waals surface area (Å²) in [5, 5.41) is 6.82. The molecule has 0 amide bonds. The fraction of sp³-hybridized carbons (Fsp3) is 0.944. The average Bonchev–Trinajstić information content (AvgIpc) is 2.50. The quantitative estimate of drug-likeness (QED) is 0.257. The van der Waals surface area contributed by atoms with Crippen LogP contribution >= 0.6 is 24.0 Å². The van der Waals surface area contributed by atoms with Crippen molar-refractivity contribution in [2.24, 2.45) is 10.9 Å². The van der Waals surface area contributed by atoms with E-state index in [2.05, 4.69) is 62.2 Å². The third-order valence-corrected chi connectivity index (χ3v) is 5.00. The molecular formula is C18H40IN5. The molecular weight excluding hydrogens is 413 g/mol. The Labute approximate surface area is 167 Å². The molecule has 0 spiro atoms. The second-order valence-electron chi connectivity index (χ2n) is 7.71. The van der Waals surface area contributed by atoms with E-state index >= 15 is 0 Å². The van der Waals surface area contributed by atoms with Crippen LogP contribution in [0.15, 0.2) is 4.99 Å². The van der Waals surface area contributed by atoms with Gasteiger partial charge in [0.15, 0.2) is 5.96 Å². The van der Waals surface area contributed by atoms with Gasteiger partial charge in [-0.1, -0.05) is 6.92 Å². The predicted octanol–water partition coefficient (Wildman–Crippen LogP) is 2.62. The van der Waals surface area contributed by atoms with E-state index in [9.17, 15) is 0 Å². The van der Waals surface area contributed by atoms with E-state index in [0.29, 0.717) is 0 Å². The first-order valence-electron chi connectivity index (χ1n) is 9.27. The molecule has 1 fully saturated rings. The second kappa shape index (κ2) is 12.3. The molecule has 1 saturated heterocycles. The standard InChI is InChI=1S/C18H39N5.HI/c1-7-19-17(21-15-18(3,4)22(5)6)20-11-8-12-23-13-9-16(2)10-14-23;/h16H,7-15H2,1-6H3,(H2,19,20,21);1H. The second-order valence-corrected chi connectivity index (χ2v) is 7.71. The van der Waals surface area contributed by atoms with Crippen molar-refractivity contribution in [2.75, 3.05) is 53.4 Å². The summed E-state index contributed by atoms with van der Waals surface area (Å²) >= 11 is 0. The summed E-state index contributed by atoms with van der Waals surface area (Å²) in [5.41, 5.74) is 0.0762. The van der Waals surface area contributed by atoms with Crippen LogP contribution in [0.5, 0.6) is 0 Å². The average molecular weight is 453 g/mol. The van der Waals surface area contributed by atoms with Gasteiger partial charge in [-0.3, -0.25) is 4.99 Å². The van der Waals surface area contributed by atoms with Crippen LogP contribution in [0.3, 0.4) is 0 Å². The first kappa shape index (κ1) is 23.9. The van der Waals surface area contributed by atoms with Crippen molar-refractivity contribution in [2.45, 2.75) is 52.5 Å². The molecule has 0 aliphatic carbocycles. The molecule has 1 rings (SSSR count). The molecule has 0 atom stereocenters. The summed E-state index contributed by atoms with van der Waals surface area (Å²) < 4.78 is 0. The fourth-order valence-electron chi connectivity index (χ4n) is 2.55. The minimum absolute atomic E-state index is 0. The maximum atomic E-state index is 4.74. The Morgan fingerprint density at radius 2 is 1.83 bits per heavy atom. The van der Waals surface area contributed by atoms with E-state index < -0.39 is 0 Å². The van der Waals surface area contributed by atoms with Crippen molar-refractivity contribution >= 4 is 29.9 Å². The van der Waals surface area contributed by atoms with Gasteiger partial charge in [-0.15, -0.1) is 24.0 Å². The lowest BCUT2D eigenvalue weighted by Crippen LogP contribution is -2.44. The minimum atomic E-state index is 0. The predicted molar refractivity (Wildman–Crippen MR) is 117 cm³/mol. The summed E-state index contributed by atoms with van der Waals surface area (Å²) in [6.07, 6.45) is 3.89. The van der Waals surface area contributed by atoms with Crippen molar-refractivity contribution in [3.8, 4) is 0 Å². The largest absolute Gasteiger partial charge is 0.357 e. The molecule has 0 saturated carbocycles. The van der Waals surface area contributed by atoms with Crippen molar-refractivity contribution in [3.63, 3.8) is 0 Å². The van der Waals surface area contributed by atoms with Gasteiger partial charge in [0.2, 0.25) is 0 Å². The number of piperidine rings is 1. The van der Waals surface area contributed by atoms with Crippen LogP contribution in [-0.2, 0) is 0 Å². The number of halogens is 1. The molecule has 0 radical (unpaired) electrons. The number of nitrogens with zero attached hydrogens (tertiary/aromatic N) is 3. The summed E-state index contributed by atoms with van der Waals surface area (Å²) in [4.78, 5) is 9.56. The van der Waals surface area contributed by atoms with Crippen molar-refractivity contribution in [3.05, 3.63) is 0 Å². The molecule has 144 valence electrons. The minimum Gasteiger partial charge on any atom is -0.357 e. The highest BCUT2D eigenvalue weighted by Crippen LogP contribution is 2.15. The Bertz CT molecular complexity index is 349.